The van der Waals surface area contributed by atoms with Gasteiger partial charge in [0.15, 0.2) is 0 Å². The lowest BCUT2D eigenvalue weighted by Gasteiger charge is -2.22. The maximum absolute atomic E-state index is 8.97. The Balaban J connectivity index is 2.99. The molecule has 0 aliphatic heterocycles. The molecule has 112 valence electrons. The molecule has 1 rings (SSSR count). The first-order chi connectivity index (χ1) is 10.1. The standard InChI is InChI=1S/C17H23N3O/c1-4-20(12-14(2)11-19)13-16-10-17(21-3)8-7-15(16)6-5-9-18/h7-8,10,14H,4,9,12-13,18H2,1-3H3. The summed E-state index contributed by atoms with van der Waals surface area (Å²) in [6.07, 6.45) is 0. The van der Waals surface area contributed by atoms with E-state index in [4.69, 9.17) is 15.7 Å². The first-order valence-corrected chi connectivity index (χ1v) is 7.12. The summed E-state index contributed by atoms with van der Waals surface area (Å²) in [7, 11) is 1.65. The van der Waals surface area contributed by atoms with Crippen molar-refractivity contribution in [3.05, 3.63) is 29.3 Å². The fourth-order valence-corrected chi connectivity index (χ4v) is 2.07. The fourth-order valence-electron chi connectivity index (χ4n) is 2.07. The Labute approximate surface area is 127 Å². The smallest absolute Gasteiger partial charge is 0.119 e. The van der Waals surface area contributed by atoms with Crippen molar-refractivity contribution in [3.63, 3.8) is 0 Å². The zero-order chi connectivity index (χ0) is 15.7. The van der Waals surface area contributed by atoms with Crippen molar-refractivity contribution < 1.29 is 4.74 Å². The molecule has 1 aromatic carbocycles. The maximum atomic E-state index is 8.97. The highest BCUT2D eigenvalue weighted by atomic mass is 16.5. The largest absolute Gasteiger partial charge is 0.497 e. The predicted octanol–water partition coefficient (Wildman–Crippen LogP) is 1.99. The van der Waals surface area contributed by atoms with Crippen LogP contribution < -0.4 is 10.5 Å². The fraction of sp³-hybridized carbons (Fsp3) is 0.471. The maximum Gasteiger partial charge on any atom is 0.119 e. The molecule has 4 heteroatoms. The molecule has 1 unspecified atom stereocenters. The van der Waals surface area contributed by atoms with E-state index in [2.05, 4.69) is 29.7 Å². The van der Waals surface area contributed by atoms with Gasteiger partial charge in [-0.3, -0.25) is 4.90 Å². The zero-order valence-electron chi connectivity index (χ0n) is 13.0. The Bertz CT molecular complexity index is 551. The minimum Gasteiger partial charge on any atom is -0.497 e. The molecule has 21 heavy (non-hydrogen) atoms. The quantitative estimate of drug-likeness (QED) is 0.812. The van der Waals surface area contributed by atoms with Gasteiger partial charge in [0.2, 0.25) is 0 Å². The molecule has 0 radical (unpaired) electrons. The molecule has 2 N–H and O–H groups in total. The van der Waals surface area contributed by atoms with Gasteiger partial charge >= 0.3 is 0 Å². The van der Waals surface area contributed by atoms with Crippen molar-refractivity contribution >= 4 is 0 Å². The predicted molar refractivity (Wildman–Crippen MR) is 84.7 cm³/mol. The summed E-state index contributed by atoms with van der Waals surface area (Å²) in [5.74, 6) is 6.81. The van der Waals surface area contributed by atoms with Gasteiger partial charge in [-0.1, -0.05) is 18.8 Å². The molecule has 0 bridgehead atoms. The first kappa shape index (κ1) is 17.0. The molecule has 0 aromatic heterocycles. The van der Waals surface area contributed by atoms with Crippen LogP contribution in [0.25, 0.3) is 0 Å². The summed E-state index contributed by atoms with van der Waals surface area (Å²) in [6, 6.07) is 8.13. The van der Waals surface area contributed by atoms with Crippen LogP contribution >= 0.6 is 0 Å². The van der Waals surface area contributed by atoms with E-state index < -0.39 is 0 Å². The van der Waals surface area contributed by atoms with Gasteiger partial charge in [-0.2, -0.15) is 5.26 Å². The summed E-state index contributed by atoms with van der Waals surface area (Å²) in [6.45, 7) is 6.74. The minimum atomic E-state index is 0.00846. The normalized spacial score (nSPS) is 11.4. The molecular weight excluding hydrogens is 262 g/mol. The van der Waals surface area contributed by atoms with Crippen LogP contribution in [0.4, 0.5) is 0 Å². The molecule has 0 heterocycles. The van der Waals surface area contributed by atoms with E-state index in [0.717, 1.165) is 36.5 Å². The summed E-state index contributed by atoms with van der Waals surface area (Å²) in [5, 5.41) is 8.97. The minimum absolute atomic E-state index is 0.00846. The Morgan fingerprint density at radius 3 is 2.76 bits per heavy atom. The van der Waals surface area contributed by atoms with Crippen LogP contribution in [-0.2, 0) is 6.54 Å². The monoisotopic (exact) mass is 285 g/mol. The second-order valence-corrected chi connectivity index (χ2v) is 4.89. The number of rotatable bonds is 6. The molecule has 0 spiro atoms. The van der Waals surface area contributed by atoms with Crippen LogP contribution in [0.15, 0.2) is 18.2 Å². The van der Waals surface area contributed by atoms with Gasteiger partial charge in [0.05, 0.1) is 25.6 Å². The number of methoxy groups -OCH3 is 1. The van der Waals surface area contributed by atoms with E-state index in [1.54, 1.807) is 7.11 Å². The second-order valence-electron chi connectivity index (χ2n) is 4.89. The number of hydrogen-bond donors (Lipinski definition) is 1. The number of hydrogen-bond acceptors (Lipinski definition) is 4. The van der Waals surface area contributed by atoms with Crippen molar-refractivity contribution in [1.82, 2.24) is 4.90 Å². The Hall–Kier alpha value is -2.01. The average Bonchev–Trinajstić information content (AvgIpc) is 2.52. The van der Waals surface area contributed by atoms with Crippen molar-refractivity contribution in [1.29, 1.82) is 5.26 Å². The van der Waals surface area contributed by atoms with Crippen LogP contribution in [0.5, 0.6) is 5.75 Å². The Morgan fingerprint density at radius 1 is 1.43 bits per heavy atom. The molecule has 1 aromatic rings. The van der Waals surface area contributed by atoms with E-state index in [1.807, 2.05) is 25.1 Å². The lowest BCUT2D eigenvalue weighted by atomic mass is 10.1. The van der Waals surface area contributed by atoms with E-state index in [0.29, 0.717) is 6.54 Å². The third kappa shape index (κ3) is 5.47. The van der Waals surface area contributed by atoms with E-state index in [1.165, 1.54) is 0 Å². The number of nitriles is 1. The molecule has 0 saturated carbocycles. The highest BCUT2D eigenvalue weighted by Crippen LogP contribution is 2.19. The van der Waals surface area contributed by atoms with Crippen LogP contribution in [0, 0.1) is 29.1 Å². The lowest BCUT2D eigenvalue weighted by Crippen LogP contribution is -2.27. The molecule has 0 fully saturated rings. The van der Waals surface area contributed by atoms with E-state index in [9.17, 15) is 0 Å². The topological polar surface area (TPSA) is 62.3 Å². The van der Waals surface area contributed by atoms with Crippen LogP contribution in [-0.4, -0.2) is 31.6 Å². The van der Waals surface area contributed by atoms with Crippen molar-refractivity contribution in [2.45, 2.75) is 20.4 Å². The molecule has 0 aliphatic rings. The Kier molecular flexibility index (Phi) is 7.32. The van der Waals surface area contributed by atoms with Gasteiger partial charge in [-0.25, -0.2) is 0 Å². The van der Waals surface area contributed by atoms with Crippen LogP contribution in [0.1, 0.15) is 25.0 Å². The molecular formula is C17H23N3O. The van der Waals surface area contributed by atoms with Crippen molar-refractivity contribution in [2.75, 3.05) is 26.7 Å². The summed E-state index contributed by atoms with van der Waals surface area (Å²) in [4.78, 5) is 2.23. The molecule has 1 atom stereocenters. The third-order valence-electron chi connectivity index (χ3n) is 3.23. The summed E-state index contributed by atoms with van der Waals surface area (Å²) in [5.41, 5.74) is 7.51. The first-order valence-electron chi connectivity index (χ1n) is 7.12. The lowest BCUT2D eigenvalue weighted by molar-refractivity contribution is 0.260. The van der Waals surface area contributed by atoms with Gasteiger partial charge in [-0.15, -0.1) is 0 Å². The highest BCUT2D eigenvalue weighted by Gasteiger charge is 2.11. The number of benzene rings is 1. The molecule has 0 saturated heterocycles. The van der Waals surface area contributed by atoms with E-state index >= 15 is 0 Å². The number of nitrogens with zero attached hydrogens (tertiary/aromatic N) is 2. The summed E-state index contributed by atoms with van der Waals surface area (Å²) < 4.78 is 5.29. The molecule has 0 aliphatic carbocycles. The molecule has 4 nitrogen and oxygen atoms in total. The van der Waals surface area contributed by atoms with Crippen molar-refractivity contribution in [2.24, 2.45) is 11.7 Å². The number of ether oxygens (including phenoxy) is 1. The highest BCUT2D eigenvalue weighted by molar-refractivity contribution is 5.45. The van der Waals surface area contributed by atoms with Gasteiger partial charge < -0.3 is 10.5 Å². The van der Waals surface area contributed by atoms with Gasteiger partial charge in [0.1, 0.15) is 5.75 Å². The number of nitrogens with two attached hydrogens (primary N) is 1. The third-order valence-corrected chi connectivity index (χ3v) is 3.23. The van der Waals surface area contributed by atoms with E-state index in [-0.39, 0.29) is 5.92 Å². The summed E-state index contributed by atoms with van der Waals surface area (Å²) >= 11 is 0. The Morgan fingerprint density at radius 2 is 2.19 bits per heavy atom. The second kappa shape index (κ2) is 9.02. The zero-order valence-corrected chi connectivity index (χ0v) is 13.0. The van der Waals surface area contributed by atoms with Gasteiger partial charge in [0, 0.05) is 18.7 Å². The van der Waals surface area contributed by atoms with Crippen LogP contribution in [0.2, 0.25) is 0 Å². The van der Waals surface area contributed by atoms with Gasteiger partial charge in [0.25, 0.3) is 0 Å². The van der Waals surface area contributed by atoms with Crippen molar-refractivity contribution in [3.8, 4) is 23.7 Å². The SMILES string of the molecule is CCN(Cc1cc(OC)ccc1C#CCN)CC(C)C#N. The van der Waals surface area contributed by atoms with Gasteiger partial charge in [-0.05, 0) is 37.2 Å². The van der Waals surface area contributed by atoms with Crippen LogP contribution in [0.3, 0.4) is 0 Å². The average molecular weight is 285 g/mol. The molecule has 0 amide bonds.